The van der Waals surface area contributed by atoms with E-state index in [0.29, 0.717) is 5.69 Å². The number of nitrogens with one attached hydrogen (secondary N) is 1. The van der Waals surface area contributed by atoms with Crippen molar-refractivity contribution in [2.75, 3.05) is 12.8 Å². The van der Waals surface area contributed by atoms with E-state index in [1.165, 1.54) is 7.05 Å². The minimum absolute atomic E-state index is 0.0186. The molecule has 2 rings (SSSR count). The van der Waals surface area contributed by atoms with Gasteiger partial charge in [-0.3, -0.25) is 19.3 Å². The standard InChI is InChI=1S/C14H17N3O3/c1-8(9-4-3-5-10(15)6-9)13(19)16-11-7-12(18)17(2)14(11)20/h3-6,8,11H,7,15H2,1-2H3,(H,16,19). The van der Waals surface area contributed by atoms with E-state index in [1.807, 2.05) is 0 Å². The third kappa shape index (κ3) is 2.64. The van der Waals surface area contributed by atoms with E-state index in [0.717, 1.165) is 10.5 Å². The summed E-state index contributed by atoms with van der Waals surface area (Å²) in [5, 5.41) is 2.62. The molecule has 1 aromatic carbocycles. The predicted octanol–water partition coefficient (Wildman–Crippen LogP) is 0.246. The molecule has 0 aliphatic carbocycles. The van der Waals surface area contributed by atoms with Gasteiger partial charge in [-0.15, -0.1) is 0 Å². The van der Waals surface area contributed by atoms with Gasteiger partial charge in [0, 0.05) is 12.7 Å². The molecule has 0 bridgehead atoms. The van der Waals surface area contributed by atoms with Crippen molar-refractivity contribution >= 4 is 23.4 Å². The zero-order chi connectivity index (χ0) is 14.9. The number of likely N-dealkylation sites (tertiary alicyclic amines) is 1. The van der Waals surface area contributed by atoms with Crippen LogP contribution in [0.15, 0.2) is 24.3 Å². The molecule has 106 valence electrons. The fraction of sp³-hybridized carbons (Fsp3) is 0.357. The van der Waals surface area contributed by atoms with Crippen LogP contribution in [-0.2, 0) is 14.4 Å². The number of nitrogens with zero attached hydrogens (tertiary/aromatic N) is 1. The molecule has 1 fully saturated rings. The Morgan fingerprint density at radius 1 is 1.45 bits per heavy atom. The Balaban J connectivity index is 2.05. The monoisotopic (exact) mass is 275 g/mol. The van der Waals surface area contributed by atoms with Gasteiger partial charge in [-0.25, -0.2) is 0 Å². The Bertz CT molecular complexity index is 571. The van der Waals surface area contributed by atoms with E-state index in [1.54, 1.807) is 31.2 Å². The molecule has 2 unspecified atom stereocenters. The number of carbonyl (C=O) groups is 3. The van der Waals surface area contributed by atoms with Crippen LogP contribution in [0.4, 0.5) is 5.69 Å². The molecule has 3 amide bonds. The number of rotatable bonds is 3. The number of benzene rings is 1. The van der Waals surface area contributed by atoms with Crippen molar-refractivity contribution < 1.29 is 14.4 Å². The van der Waals surface area contributed by atoms with Crippen molar-refractivity contribution in [3.8, 4) is 0 Å². The fourth-order valence-corrected chi connectivity index (χ4v) is 2.14. The Morgan fingerprint density at radius 2 is 2.15 bits per heavy atom. The number of hydrogen-bond donors (Lipinski definition) is 2. The van der Waals surface area contributed by atoms with Crippen molar-refractivity contribution in [2.24, 2.45) is 0 Å². The molecule has 6 heteroatoms. The fourth-order valence-electron chi connectivity index (χ4n) is 2.14. The number of anilines is 1. The summed E-state index contributed by atoms with van der Waals surface area (Å²) in [5.74, 6) is -1.38. The molecule has 1 aliphatic heterocycles. The van der Waals surface area contributed by atoms with E-state index in [9.17, 15) is 14.4 Å². The van der Waals surface area contributed by atoms with Crippen LogP contribution in [0, 0.1) is 0 Å². The molecular formula is C14H17N3O3. The number of amides is 3. The number of nitrogen functional groups attached to an aromatic ring is 1. The van der Waals surface area contributed by atoms with Crippen molar-refractivity contribution in [1.82, 2.24) is 10.2 Å². The molecule has 0 spiro atoms. The lowest BCUT2D eigenvalue weighted by atomic mass is 9.99. The number of carbonyl (C=O) groups excluding carboxylic acids is 3. The van der Waals surface area contributed by atoms with Crippen LogP contribution in [0.3, 0.4) is 0 Å². The number of likely N-dealkylation sites (N-methyl/N-ethyl adjacent to an activating group) is 1. The van der Waals surface area contributed by atoms with Crippen molar-refractivity contribution in [2.45, 2.75) is 25.3 Å². The smallest absolute Gasteiger partial charge is 0.252 e. The second-order valence-corrected chi connectivity index (χ2v) is 4.95. The van der Waals surface area contributed by atoms with Gasteiger partial charge in [0.15, 0.2) is 0 Å². The van der Waals surface area contributed by atoms with Gasteiger partial charge in [-0.05, 0) is 24.6 Å². The van der Waals surface area contributed by atoms with Crippen LogP contribution in [0.25, 0.3) is 0 Å². The van der Waals surface area contributed by atoms with E-state index in [2.05, 4.69) is 5.32 Å². The molecule has 20 heavy (non-hydrogen) atoms. The van der Waals surface area contributed by atoms with Crippen molar-refractivity contribution in [1.29, 1.82) is 0 Å². The van der Waals surface area contributed by atoms with Crippen LogP contribution in [0.1, 0.15) is 24.8 Å². The van der Waals surface area contributed by atoms with Crippen LogP contribution >= 0.6 is 0 Å². The first-order valence-corrected chi connectivity index (χ1v) is 6.36. The molecule has 1 saturated heterocycles. The first-order chi connectivity index (χ1) is 9.40. The molecule has 3 N–H and O–H groups in total. The highest BCUT2D eigenvalue weighted by atomic mass is 16.2. The number of imide groups is 1. The topological polar surface area (TPSA) is 92.5 Å². The molecule has 0 saturated carbocycles. The van der Waals surface area contributed by atoms with Crippen LogP contribution in [0.2, 0.25) is 0 Å². The molecule has 2 atom stereocenters. The van der Waals surface area contributed by atoms with Crippen molar-refractivity contribution in [3.63, 3.8) is 0 Å². The summed E-state index contributed by atoms with van der Waals surface area (Å²) < 4.78 is 0. The first-order valence-electron chi connectivity index (χ1n) is 6.36. The van der Waals surface area contributed by atoms with Gasteiger partial charge >= 0.3 is 0 Å². The van der Waals surface area contributed by atoms with Crippen LogP contribution in [0.5, 0.6) is 0 Å². The van der Waals surface area contributed by atoms with Gasteiger partial charge in [-0.1, -0.05) is 12.1 Å². The Morgan fingerprint density at radius 3 is 2.70 bits per heavy atom. The van der Waals surface area contributed by atoms with Gasteiger partial charge in [0.2, 0.25) is 11.8 Å². The van der Waals surface area contributed by atoms with Gasteiger partial charge < -0.3 is 11.1 Å². The summed E-state index contributed by atoms with van der Waals surface area (Å²) in [4.78, 5) is 36.3. The second kappa shape index (κ2) is 5.32. The summed E-state index contributed by atoms with van der Waals surface area (Å²) in [7, 11) is 1.41. The molecule has 0 radical (unpaired) electrons. The molecular weight excluding hydrogens is 258 g/mol. The van der Waals surface area contributed by atoms with Crippen LogP contribution in [-0.4, -0.2) is 35.7 Å². The normalized spacial score (nSPS) is 20.1. The van der Waals surface area contributed by atoms with Gasteiger partial charge in [-0.2, -0.15) is 0 Å². The van der Waals surface area contributed by atoms with Crippen LogP contribution < -0.4 is 11.1 Å². The van der Waals surface area contributed by atoms with E-state index in [4.69, 9.17) is 5.73 Å². The lowest BCUT2D eigenvalue weighted by Crippen LogP contribution is -2.42. The lowest BCUT2D eigenvalue weighted by molar-refractivity contribution is -0.138. The summed E-state index contributed by atoms with van der Waals surface area (Å²) in [6.07, 6.45) is 0.0186. The number of hydrogen-bond acceptors (Lipinski definition) is 4. The van der Waals surface area contributed by atoms with Crippen molar-refractivity contribution in [3.05, 3.63) is 29.8 Å². The summed E-state index contributed by atoms with van der Waals surface area (Å²) in [5.41, 5.74) is 7.03. The molecule has 0 aromatic heterocycles. The lowest BCUT2D eigenvalue weighted by Gasteiger charge is -2.16. The van der Waals surface area contributed by atoms with Gasteiger partial charge in [0.25, 0.3) is 5.91 Å². The Hall–Kier alpha value is -2.37. The minimum atomic E-state index is -0.761. The average molecular weight is 275 g/mol. The highest BCUT2D eigenvalue weighted by molar-refractivity contribution is 6.06. The van der Waals surface area contributed by atoms with E-state index < -0.39 is 12.0 Å². The zero-order valence-corrected chi connectivity index (χ0v) is 11.4. The molecule has 1 aliphatic rings. The summed E-state index contributed by atoms with van der Waals surface area (Å²) in [6, 6.07) is 6.27. The molecule has 6 nitrogen and oxygen atoms in total. The van der Waals surface area contributed by atoms with Gasteiger partial charge in [0.05, 0.1) is 12.3 Å². The van der Waals surface area contributed by atoms with Gasteiger partial charge in [0.1, 0.15) is 6.04 Å². The predicted molar refractivity (Wildman–Crippen MR) is 73.6 cm³/mol. The maximum atomic E-state index is 12.1. The second-order valence-electron chi connectivity index (χ2n) is 4.95. The highest BCUT2D eigenvalue weighted by Gasteiger charge is 2.37. The molecule has 1 heterocycles. The average Bonchev–Trinajstić information content (AvgIpc) is 2.65. The first kappa shape index (κ1) is 14.0. The Kier molecular flexibility index (Phi) is 3.74. The zero-order valence-electron chi connectivity index (χ0n) is 11.4. The highest BCUT2D eigenvalue weighted by Crippen LogP contribution is 2.19. The third-order valence-corrected chi connectivity index (χ3v) is 3.50. The largest absolute Gasteiger partial charge is 0.399 e. The number of nitrogens with two attached hydrogens (primary N) is 1. The SMILES string of the molecule is CC(C(=O)NC1CC(=O)N(C)C1=O)c1cccc(N)c1. The maximum absolute atomic E-state index is 12.1. The quantitative estimate of drug-likeness (QED) is 0.610. The van der Waals surface area contributed by atoms with E-state index in [-0.39, 0.29) is 24.1 Å². The van der Waals surface area contributed by atoms with E-state index >= 15 is 0 Å². The summed E-state index contributed by atoms with van der Waals surface area (Å²) in [6.45, 7) is 1.73. The maximum Gasteiger partial charge on any atom is 0.252 e. The molecule has 1 aromatic rings. The minimum Gasteiger partial charge on any atom is -0.399 e. The third-order valence-electron chi connectivity index (χ3n) is 3.50. The Labute approximate surface area is 116 Å². The summed E-state index contributed by atoms with van der Waals surface area (Å²) >= 11 is 0.